The topological polar surface area (TPSA) is 49.3 Å². The number of carbonyl (C=O) groups excluding carboxylic acids is 1. The Balaban J connectivity index is 1.97. The van der Waals surface area contributed by atoms with Gasteiger partial charge in [-0.25, -0.2) is 0 Å². The molecule has 0 atom stereocenters. The van der Waals surface area contributed by atoms with Gasteiger partial charge in [0.2, 0.25) is 0 Å². The average molecular weight is 275 g/mol. The lowest BCUT2D eigenvalue weighted by Gasteiger charge is -2.23. The summed E-state index contributed by atoms with van der Waals surface area (Å²) in [5.74, 6) is -0.225. The Labute approximate surface area is 121 Å². The maximum absolute atomic E-state index is 12.1. The predicted molar refractivity (Wildman–Crippen MR) is 80.8 cm³/mol. The van der Waals surface area contributed by atoms with Crippen molar-refractivity contribution >= 4 is 5.78 Å². The van der Waals surface area contributed by atoms with E-state index >= 15 is 0 Å². The van der Waals surface area contributed by atoms with Gasteiger partial charge >= 0.3 is 0 Å². The second-order valence-electron chi connectivity index (χ2n) is 6.30. The first-order valence-corrected chi connectivity index (χ1v) is 7.56. The van der Waals surface area contributed by atoms with E-state index < -0.39 is 5.60 Å². The minimum atomic E-state index is -1.31. The van der Waals surface area contributed by atoms with E-state index in [1.54, 1.807) is 6.07 Å². The molecule has 1 aromatic rings. The summed E-state index contributed by atoms with van der Waals surface area (Å²) in [6, 6.07) is 8.17. The number of hydrogen-bond donors (Lipinski definition) is 2. The van der Waals surface area contributed by atoms with Gasteiger partial charge in [-0.1, -0.05) is 37.5 Å². The summed E-state index contributed by atoms with van der Waals surface area (Å²) in [4.78, 5) is 12.1. The maximum Gasteiger partial charge on any atom is 0.193 e. The smallest absolute Gasteiger partial charge is 0.193 e. The van der Waals surface area contributed by atoms with Crippen LogP contribution in [0.15, 0.2) is 24.3 Å². The van der Waals surface area contributed by atoms with E-state index in [1.165, 1.54) is 46.0 Å². The zero-order valence-electron chi connectivity index (χ0n) is 12.5. The molecule has 1 aliphatic carbocycles. The molecule has 0 bridgehead atoms. The van der Waals surface area contributed by atoms with Gasteiger partial charge in [0, 0.05) is 18.2 Å². The Kier molecular flexibility index (Phi) is 4.95. The third kappa shape index (κ3) is 4.15. The Morgan fingerprint density at radius 2 is 2.00 bits per heavy atom. The van der Waals surface area contributed by atoms with Crippen LogP contribution in [0.1, 0.15) is 61.9 Å². The quantitative estimate of drug-likeness (QED) is 0.812. The average Bonchev–Trinajstić information content (AvgIpc) is 2.45. The molecule has 0 amide bonds. The highest BCUT2D eigenvalue weighted by Crippen LogP contribution is 2.18. The van der Waals surface area contributed by atoms with Crippen molar-refractivity contribution in [2.24, 2.45) is 0 Å². The minimum Gasteiger partial charge on any atom is -0.382 e. The molecule has 0 saturated heterocycles. The molecule has 110 valence electrons. The van der Waals surface area contributed by atoms with Crippen molar-refractivity contribution in [3.05, 3.63) is 35.4 Å². The van der Waals surface area contributed by atoms with Crippen LogP contribution in [-0.4, -0.2) is 22.5 Å². The van der Waals surface area contributed by atoms with Crippen LogP contribution >= 0.6 is 0 Å². The van der Waals surface area contributed by atoms with E-state index in [4.69, 9.17) is 0 Å². The fourth-order valence-electron chi connectivity index (χ4n) is 2.74. The summed E-state index contributed by atoms with van der Waals surface area (Å²) >= 11 is 0. The number of carbonyl (C=O) groups is 1. The molecule has 0 radical (unpaired) electrons. The van der Waals surface area contributed by atoms with Crippen molar-refractivity contribution in [1.82, 2.24) is 5.32 Å². The lowest BCUT2D eigenvalue weighted by Crippen LogP contribution is -2.32. The zero-order valence-corrected chi connectivity index (χ0v) is 12.5. The van der Waals surface area contributed by atoms with E-state index in [1.807, 2.05) is 18.2 Å². The Hall–Kier alpha value is -1.19. The Morgan fingerprint density at radius 1 is 1.30 bits per heavy atom. The summed E-state index contributed by atoms with van der Waals surface area (Å²) in [7, 11) is 0. The van der Waals surface area contributed by atoms with Crippen molar-refractivity contribution in [1.29, 1.82) is 0 Å². The molecule has 3 nitrogen and oxygen atoms in total. The van der Waals surface area contributed by atoms with Gasteiger partial charge in [0.25, 0.3) is 0 Å². The summed E-state index contributed by atoms with van der Waals surface area (Å²) in [6.07, 6.45) is 6.49. The van der Waals surface area contributed by atoms with Gasteiger partial charge in [0.05, 0.1) is 0 Å². The highest BCUT2D eigenvalue weighted by molar-refractivity contribution is 6.01. The van der Waals surface area contributed by atoms with E-state index in [0.717, 1.165) is 12.1 Å². The van der Waals surface area contributed by atoms with Crippen molar-refractivity contribution in [3.8, 4) is 0 Å². The highest BCUT2D eigenvalue weighted by Gasteiger charge is 2.25. The molecule has 2 rings (SSSR count). The SMILES string of the molecule is CC(C)(O)C(=O)c1cccc(CNC2CCCCC2)c1. The van der Waals surface area contributed by atoms with Crippen molar-refractivity contribution in [2.45, 2.75) is 64.1 Å². The largest absolute Gasteiger partial charge is 0.382 e. The molecule has 3 heteroatoms. The van der Waals surface area contributed by atoms with Gasteiger partial charge < -0.3 is 10.4 Å². The van der Waals surface area contributed by atoms with Gasteiger partial charge in [-0.3, -0.25) is 4.79 Å². The first-order valence-electron chi connectivity index (χ1n) is 7.56. The molecule has 1 fully saturated rings. The van der Waals surface area contributed by atoms with Crippen LogP contribution in [0.5, 0.6) is 0 Å². The molecule has 0 heterocycles. The second-order valence-corrected chi connectivity index (χ2v) is 6.30. The molecule has 2 N–H and O–H groups in total. The number of aliphatic hydroxyl groups is 1. The lowest BCUT2D eigenvalue weighted by molar-refractivity contribution is 0.0488. The zero-order chi connectivity index (χ0) is 14.6. The molecule has 20 heavy (non-hydrogen) atoms. The van der Waals surface area contributed by atoms with Gasteiger partial charge in [-0.2, -0.15) is 0 Å². The Morgan fingerprint density at radius 3 is 2.65 bits per heavy atom. The molecular weight excluding hydrogens is 250 g/mol. The van der Waals surface area contributed by atoms with Crippen LogP contribution < -0.4 is 5.32 Å². The molecule has 0 unspecified atom stereocenters. The van der Waals surface area contributed by atoms with E-state index in [-0.39, 0.29) is 5.78 Å². The van der Waals surface area contributed by atoms with E-state index in [2.05, 4.69) is 5.32 Å². The molecule has 1 aliphatic rings. The molecule has 0 aromatic heterocycles. The number of ketones is 1. The van der Waals surface area contributed by atoms with Crippen LogP contribution in [-0.2, 0) is 6.54 Å². The first kappa shape index (κ1) is 15.2. The number of Topliss-reactive ketones (excluding diaryl/α,β-unsaturated/α-hetero) is 1. The molecule has 0 spiro atoms. The molecule has 1 saturated carbocycles. The van der Waals surface area contributed by atoms with E-state index in [9.17, 15) is 9.90 Å². The summed E-state index contributed by atoms with van der Waals surface area (Å²) < 4.78 is 0. The standard InChI is InChI=1S/C17H25NO2/c1-17(2,20)16(19)14-8-6-7-13(11-14)12-18-15-9-4-3-5-10-15/h6-8,11,15,18,20H,3-5,9-10,12H2,1-2H3. The van der Waals surface area contributed by atoms with Gasteiger partial charge in [-0.05, 0) is 38.3 Å². The van der Waals surface area contributed by atoms with Crippen LogP contribution in [0.2, 0.25) is 0 Å². The third-order valence-corrected chi connectivity index (χ3v) is 3.94. The number of nitrogens with one attached hydrogen (secondary N) is 1. The monoisotopic (exact) mass is 275 g/mol. The fraction of sp³-hybridized carbons (Fsp3) is 0.588. The van der Waals surface area contributed by atoms with Crippen molar-refractivity contribution in [3.63, 3.8) is 0 Å². The maximum atomic E-state index is 12.1. The molecule has 0 aliphatic heterocycles. The first-order chi connectivity index (χ1) is 9.47. The van der Waals surface area contributed by atoms with Gasteiger partial charge in [0.15, 0.2) is 5.78 Å². The summed E-state index contributed by atoms with van der Waals surface area (Å²) in [6.45, 7) is 3.85. The highest BCUT2D eigenvalue weighted by atomic mass is 16.3. The second kappa shape index (κ2) is 6.51. The number of benzene rings is 1. The van der Waals surface area contributed by atoms with Crippen molar-refractivity contribution in [2.75, 3.05) is 0 Å². The predicted octanol–water partition coefficient (Wildman–Crippen LogP) is 3.06. The fourth-order valence-corrected chi connectivity index (χ4v) is 2.74. The van der Waals surface area contributed by atoms with E-state index in [0.29, 0.717) is 11.6 Å². The number of hydrogen-bond acceptors (Lipinski definition) is 3. The summed E-state index contributed by atoms with van der Waals surface area (Å²) in [5, 5.41) is 13.4. The van der Waals surface area contributed by atoms with Crippen LogP contribution in [0.4, 0.5) is 0 Å². The number of rotatable bonds is 5. The van der Waals surface area contributed by atoms with Crippen LogP contribution in [0, 0.1) is 0 Å². The lowest BCUT2D eigenvalue weighted by atomic mass is 9.94. The van der Waals surface area contributed by atoms with Gasteiger partial charge in [0.1, 0.15) is 5.60 Å². The van der Waals surface area contributed by atoms with Crippen molar-refractivity contribution < 1.29 is 9.90 Å². The van der Waals surface area contributed by atoms with Crippen LogP contribution in [0.25, 0.3) is 0 Å². The Bertz CT molecular complexity index is 456. The van der Waals surface area contributed by atoms with Crippen LogP contribution in [0.3, 0.4) is 0 Å². The normalized spacial score (nSPS) is 17.1. The minimum absolute atomic E-state index is 0.225. The summed E-state index contributed by atoms with van der Waals surface area (Å²) in [5.41, 5.74) is 0.376. The molecule has 1 aromatic carbocycles. The third-order valence-electron chi connectivity index (χ3n) is 3.94. The van der Waals surface area contributed by atoms with Gasteiger partial charge in [-0.15, -0.1) is 0 Å². The molecular formula is C17H25NO2.